The standard InChI is InChI=1S/C16H19FN4O3/c17-12-6-4-10(5-7-12)16-20-13(9-24-16)11(8-15(19)22)2-1-3-14(18)21-23/h4-7,9,11,23H,1-3,8H2,(H2,18,21)(H2,19,22). The summed E-state index contributed by atoms with van der Waals surface area (Å²) in [6.07, 6.45) is 3.16. The second-order valence-electron chi connectivity index (χ2n) is 5.44. The quantitative estimate of drug-likeness (QED) is 0.295. The normalized spacial score (nSPS) is 13.0. The van der Waals surface area contributed by atoms with Crippen molar-refractivity contribution >= 4 is 11.7 Å². The molecule has 2 rings (SSSR count). The van der Waals surface area contributed by atoms with Gasteiger partial charge in [-0.2, -0.15) is 0 Å². The predicted molar refractivity (Wildman–Crippen MR) is 85.7 cm³/mol. The highest BCUT2D eigenvalue weighted by Gasteiger charge is 2.19. The maximum absolute atomic E-state index is 13.0. The molecule has 0 spiro atoms. The number of hydrogen-bond acceptors (Lipinski definition) is 5. The molecule has 24 heavy (non-hydrogen) atoms. The first-order chi connectivity index (χ1) is 11.5. The van der Waals surface area contributed by atoms with E-state index in [4.69, 9.17) is 21.1 Å². The van der Waals surface area contributed by atoms with Gasteiger partial charge in [0, 0.05) is 24.3 Å². The van der Waals surface area contributed by atoms with E-state index in [9.17, 15) is 9.18 Å². The fourth-order valence-corrected chi connectivity index (χ4v) is 2.38. The van der Waals surface area contributed by atoms with Gasteiger partial charge in [0.05, 0.1) is 5.69 Å². The zero-order valence-electron chi connectivity index (χ0n) is 13.0. The number of halogens is 1. The Morgan fingerprint density at radius 1 is 1.33 bits per heavy atom. The van der Waals surface area contributed by atoms with Crippen LogP contribution in [0.3, 0.4) is 0 Å². The van der Waals surface area contributed by atoms with Gasteiger partial charge in [-0.3, -0.25) is 4.79 Å². The van der Waals surface area contributed by atoms with Gasteiger partial charge in [-0.25, -0.2) is 9.37 Å². The van der Waals surface area contributed by atoms with Crippen molar-refractivity contribution in [2.24, 2.45) is 16.6 Å². The van der Waals surface area contributed by atoms with Crippen LogP contribution in [-0.2, 0) is 4.79 Å². The van der Waals surface area contributed by atoms with Gasteiger partial charge in [-0.15, -0.1) is 0 Å². The lowest BCUT2D eigenvalue weighted by Crippen LogP contribution is -2.17. The number of oxime groups is 1. The van der Waals surface area contributed by atoms with Crippen LogP contribution in [0.15, 0.2) is 40.1 Å². The van der Waals surface area contributed by atoms with Crippen LogP contribution in [0.25, 0.3) is 11.5 Å². The summed E-state index contributed by atoms with van der Waals surface area (Å²) in [6.45, 7) is 0. The highest BCUT2D eigenvalue weighted by Crippen LogP contribution is 2.28. The van der Waals surface area contributed by atoms with Crippen LogP contribution in [0.5, 0.6) is 0 Å². The summed E-state index contributed by atoms with van der Waals surface area (Å²) in [5, 5.41) is 11.5. The van der Waals surface area contributed by atoms with Crippen molar-refractivity contribution in [2.75, 3.05) is 0 Å². The third-order valence-electron chi connectivity index (χ3n) is 3.59. The van der Waals surface area contributed by atoms with Crippen molar-refractivity contribution < 1.29 is 18.8 Å². The van der Waals surface area contributed by atoms with Crippen molar-refractivity contribution in [3.63, 3.8) is 0 Å². The molecule has 0 saturated carbocycles. The van der Waals surface area contributed by atoms with E-state index in [1.807, 2.05) is 0 Å². The number of hydrogen-bond donors (Lipinski definition) is 3. The van der Waals surface area contributed by atoms with E-state index in [1.165, 1.54) is 18.4 Å². The molecule has 0 aliphatic rings. The lowest BCUT2D eigenvalue weighted by molar-refractivity contribution is -0.118. The van der Waals surface area contributed by atoms with Gasteiger partial charge >= 0.3 is 0 Å². The molecule has 0 fully saturated rings. The smallest absolute Gasteiger partial charge is 0.226 e. The molecule has 0 aliphatic carbocycles. The second-order valence-corrected chi connectivity index (χ2v) is 5.44. The lowest BCUT2D eigenvalue weighted by Gasteiger charge is -2.11. The molecule has 1 amide bonds. The Kier molecular flexibility index (Phi) is 5.89. The van der Waals surface area contributed by atoms with E-state index in [0.29, 0.717) is 36.4 Å². The van der Waals surface area contributed by atoms with Gasteiger partial charge < -0.3 is 21.1 Å². The highest BCUT2D eigenvalue weighted by molar-refractivity contribution is 5.79. The van der Waals surface area contributed by atoms with E-state index >= 15 is 0 Å². The Hall–Kier alpha value is -2.90. The van der Waals surface area contributed by atoms with Gasteiger partial charge in [-0.1, -0.05) is 5.16 Å². The third-order valence-corrected chi connectivity index (χ3v) is 3.59. The molecule has 2 aromatic rings. The fourth-order valence-electron chi connectivity index (χ4n) is 2.38. The first-order valence-corrected chi connectivity index (χ1v) is 7.45. The van der Waals surface area contributed by atoms with Gasteiger partial charge in [-0.05, 0) is 37.1 Å². The van der Waals surface area contributed by atoms with Crippen LogP contribution >= 0.6 is 0 Å². The van der Waals surface area contributed by atoms with Crippen LogP contribution in [0, 0.1) is 5.82 Å². The van der Waals surface area contributed by atoms with E-state index in [1.54, 1.807) is 12.1 Å². The van der Waals surface area contributed by atoms with Crippen LogP contribution < -0.4 is 11.5 Å². The maximum atomic E-state index is 13.0. The number of carbonyl (C=O) groups excluding carboxylic acids is 1. The third kappa shape index (κ3) is 4.80. The summed E-state index contributed by atoms with van der Waals surface area (Å²) in [6, 6.07) is 5.76. The molecule has 1 aromatic carbocycles. The zero-order valence-corrected chi connectivity index (χ0v) is 13.0. The largest absolute Gasteiger partial charge is 0.444 e. The van der Waals surface area contributed by atoms with Crippen LogP contribution in [0.4, 0.5) is 4.39 Å². The van der Waals surface area contributed by atoms with Gasteiger partial charge in [0.2, 0.25) is 11.8 Å². The number of oxazole rings is 1. The predicted octanol–water partition coefficient (Wildman–Crippen LogP) is 2.36. The number of benzene rings is 1. The zero-order chi connectivity index (χ0) is 17.5. The summed E-state index contributed by atoms with van der Waals surface area (Å²) in [4.78, 5) is 15.7. The molecular weight excluding hydrogens is 315 g/mol. The van der Waals surface area contributed by atoms with Gasteiger partial charge in [0.25, 0.3) is 0 Å². The number of amidine groups is 1. The number of primary amides is 1. The van der Waals surface area contributed by atoms with Gasteiger partial charge in [0.15, 0.2) is 0 Å². The molecule has 0 radical (unpaired) electrons. The van der Waals surface area contributed by atoms with Crippen LogP contribution in [0.1, 0.15) is 37.3 Å². The first-order valence-electron chi connectivity index (χ1n) is 7.45. The first kappa shape index (κ1) is 17.5. The molecule has 128 valence electrons. The van der Waals surface area contributed by atoms with E-state index in [2.05, 4.69) is 10.1 Å². The maximum Gasteiger partial charge on any atom is 0.226 e. The molecule has 0 aliphatic heterocycles. The summed E-state index contributed by atoms with van der Waals surface area (Å²) < 4.78 is 18.4. The molecule has 5 N–H and O–H groups in total. The number of aromatic nitrogens is 1. The number of nitrogens with two attached hydrogens (primary N) is 2. The minimum Gasteiger partial charge on any atom is -0.444 e. The number of nitrogens with zero attached hydrogens (tertiary/aromatic N) is 2. The van der Waals surface area contributed by atoms with Crippen molar-refractivity contribution in [3.8, 4) is 11.5 Å². The molecule has 1 atom stereocenters. The van der Waals surface area contributed by atoms with Crippen molar-refractivity contribution in [1.82, 2.24) is 4.98 Å². The Morgan fingerprint density at radius 2 is 2.04 bits per heavy atom. The minimum absolute atomic E-state index is 0.117. The summed E-state index contributed by atoms with van der Waals surface area (Å²) in [7, 11) is 0. The van der Waals surface area contributed by atoms with Gasteiger partial charge in [0.1, 0.15) is 17.9 Å². The summed E-state index contributed by atoms with van der Waals surface area (Å²) in [5.74, 6) is -0.557. The molecule has 1 unspecified atom stereocenters. The molecule has 0 saturated heterocycles. The highest BCUT2D eigenvalue weighted by atomic mass is 19.1. The topological polar surface area (TPSA) is 128 Å². The molecule has 1 heterocycles. The Labute approximate surface area is 138 Å². The average Bonchev–Trinajstić information content (AvgIpc) is 3.04. The minimum atomic E-state index is -0.449. The van der Waals surface area contributed by atoms with E-state index in [-0.39, 0.29) is 24.0 Å². The average molecular weight is 334 g/mol. The molecule has 1 aromatic heterocycles. The van der Waals surface area contributed by atoms with Crippen molar-refractivity contribution in [3.05, 3.63) is 42.0 Å². The number of carbonyl (C=O) groups is 1. The van der Waals surface area contributed by atoms with Crippen LogP contribution in [-0.4, -0.2) is 21.9 Å². The van der Waals surface area contributed by atoms with Crippen molar-refractivity contribution in [1.29, 1.82) is 0 Å². The monoisotopic (exact) mass is 334 g/mol. The molecule has 7 nitrogen and oxygen atoms in total. The Balaban J connectivity index is 2.11. The van der Waals surface area contributed by atoms with Crippen molar-refractivity contribution in [2.45, 2.75) is 31.6 Å². The molecular formula is C16H19FN4O3. The molecule has 8 heteroatoms. The summed E-state index contributed by atoms with van der Waals surface area (Å²) >= 11 is 0. The fraction of sp³-hybridized carbons (Fsp3) is 0.312. The molecule has 0 bridgehead atoms. The number of amides is 1. The Bertz CT molecular complexity index is 712. The number of rotatable bonds is 8. The van der Waals surface area contributed by atoms with Crippen LogP contribution in [0.2, 0.25) is 0 Å². The summed E-state index contributed by atoms with van der Waals surface area (Å²) in [5.41, 5.74) is 12.0. The van der Waals surface area contributed by atoms with E-state index in [0.717, 1.165) is 0 Å². The Morgan fingerprint density at radius 3 is 2.67 bits per heavy atom. The SMILES string of the molecule is NC(=O)CC(CCCC(N)=NO)c1coc(-c2ccc(F)cc2)n1. The lowest BCUT2D eigenvalue weighted by atomic mass is 9.95. The van der Waals surface area contributed by atoms with E-state index < -0.39 is 5.91 Å². The second kappa shape index (κ2) is 8.09.